The summed E-state index contributed by atoms with van der Waals surface area (Å²) in [5.41, 5.74) is 6.91. The van der Waals surface area contributed by atoms with Crippen LogP contribution < -0.4 is 11.1 Å². The number of carbonyl (C=O) groups excluding carboxylic acids is 1. The Morgan fingerprint density at radius 2 is 2.00 bits per heavy atom. The van der Waals surface area contributed by atoms with Crippen molar-refractivity contribution < 1.29 is 4.79 Å². The number of nitrogens with one attached hydrogen (secondary N) is 1. The van der Waals surface area contributed by atoms with Gasteiger partial charge in [0, 0.05) is 25.2 Å². The Hall–Kier alpha value is -1.39. The fourth-order valence-corrected chi connectivity index (χ4v) is 1.47. The molecule has 0 aliphatic carbocycles. The minimum atomic E-state index is -0.380. The molecule has 0 unspecified atom stereocenters. The van der Waals surface area contributed by atoms with Crippen molar-refractivity contribution in [3.05, 3.63) is 35.4 Å². The Morgan fingerprint density at radius 3 is 2.50 bits per heavy atom. The maximum Gasteiger partial charge on any atom is 0.248 e. The van der Waals surface area contributed by atoms with Crippen molar-refractivity contribution in [3.8, 4) is 0 Å². The highest BCUT2D eigenvalue weighted by Crippen LogP contribution is 2.06. The van der Waals surface area contributed by atoms with Gasteiger partial charge in [0.25, 0.3) is 0 Å². The van der Waals surface area contributed by atoms with E-state index in [0.717, 1.165) is 19.6 Å². The second-order valence-corrected chi connectivity index (χ2v) is 3.90. The molecule has 0 radical (unpaired) electrons. The minimum absolute atomic E-state index is 0.380. The topological polar surface area (TPSA) is 58.4 Å². The van der Waals surface area contributed by atoms with Crippen molar-refractivity contribution >= 4 is 5.91 Å². The molecule has 88 valence electrons. The van der Waals surface area contributed by atoms with E-state index in [1.54, 1.807) is 12.1 Å². The Morgan fingerprint density at radius 1 is 1.38 bits per heavy atom. The van der Waals surface area contributed by atoms with Crippen molar-refractivity contribution in [3.63, 3.8) is 0 Å². The molecular weight excluding hydrogens is 202 g/mol. The standard InChI is InChI=1S/C12H19N3O/c1-14-7-8-15(2)9-10-3-5-11(6-4-10)12(13)16/h3-6,14H,7-9H2,1-2H3,(H2,13,16). The van der Waals surface area contributed by atoms with Gasteiger partial charge in [0.1, 0.15) is 0 Å². The van der Waals surface area contributed by atoms with E-state index in [4.69, 9.17) is 5.73 Å². The van der Waals surface area contributed by atoms with Gasteiger partial charge in [-0.3, -0.25) is 4.79 Å². The number of carbonyl (C=O) groups is 1. The van der Waals surface area contributed by atoms with Crippen LogP contribution in [0.25, 0.3) is 0 Å². The number of likely N-dealkylation sites (N-methyl/N-ethyl adjacent to an activating group) is 2. The van der Waals surface area contributed by atoms with Gasteiger partial charge >= 0.3 is 0 Å². The zero-order chi connectivity index (χ0) is 12.0. The fraction of sp³-hybridized carbons (Fsp3) is 0.417. The predicted molar refractivity (Wildman–Crippen MR) is 65.2 cm³/mol. The van der Waals surface area contributed by atoms with Gasteiger partial charge in [-0.15, -0.1) is 0 Å². The summed E-state index contributed by atoms with van der Waals surface area (Å²) in [6, 6.07) is 7.42. The molecule has 0 atom stereocenters. The lowest BCUT2D eigenvalue weighted by atomic mass is 10.1. The molecule has 1 aromatic carbocycles. The number of nitrogens with zero attached hydrogens (tertiary/aromatic N) is 1. The first-order valence-corrected chi connectivity index (χ1v) is 5.35. The first kappa shape index (κ1) is 12.7. The molecule has 0 spiro atoms. The minimum Gasteiger partial charge on any atom is -0.366 e. The van der Waals surface area contributed by atoms with E-state index in [2.05, 4.69) is 17.3 Å². The van der Waals surface area contributed by atoms with Crippen LogP contribution in [0.1, 0.15) is 15.9 Å². The van der Waals surface area contributed by atoms with Gasteiger partial charge < -0.3 is 16.0 Å². The normalized spacial score (nSPS) is 10.7. The molecule has 4 nitrogen and oxygen atoms in total. The van der Waals surface area contributed by atoms with Gasteiger partial charge in [-0.25, -0.2) is 0 Å². The summed E-state index contributed by atoms with van der Waals surface area (Å²) in [4.78, 5) is 13.1. The molecule has 16 heavy (non-hydrogen) atoms. The molecule has 0 heterocycles. The highest BCUT2D eigenvalue weighted by molar-refractivity contribution is 5.92. The molecule has 1 rings (SSSR count). The lowest BCUT2D eigenvalue weighted by Crippen LogP contribution is -2.26. The van der Waals surface area contributed by atoms with E-state index in [0.29, 0.717) is 5.56 Å². The van der Waals surface area contributed by atoms with Gasteiger partial charge in [-0.05, 0) is 31.8 Å². The quantitative estimate of drug-likeness (QED) is 0.732. The molecule has 1 aromatic rings. The molecule has 0 saturated carbocycles. The maximum atomic E-state index is 10.9. The van der Waals surface area contributed by atoms with Crippen LogP contribution in [0.4, 0.5) is 0 Å². The second kappa shape index (κ2) is 6.25. The molecule has 0 fully saturated rings. The van der Waals surface area contributed by atoms with Crippen LogP contribution in [0.15, 0.2) is 24.3 Å². The van der Waals surface area contributed by atoms with Gasteiger partial charge in [-0.2, -0.15) is 0 Å². The van der Waals surface area contributed by atoms with Crippen LogP contribution in [-0.4, -0.2) is 38.0 Å². The molecule has 0 aromatic heterocycles. The maximum absolute atomic E-state index is 10.9. The molecule has 3 N–H and O–H groups in total. The third kappa shape index (κ3) is 4.00. The summed E-state index contributed by atoms with van der Waals surface area (Å²) in [6.45, 7) is 2.84. The van der Waals surface area contributed by atoms with E-state index < -0.39 is 0 Å². The van der Waals surface area contributed by atoms with Crippen molar-refractivity contribution in [2.24, 2.45) is 5.73 Å². The summed E-state index contributed by atoms with van der Waals surface area (Å²) in [5.74, 6) is -0.380. The fourth-order valence-electron chi connectivity index (χ4n) is 1.47. The number of nitrogens with two attached hydrogens (primary N) is 1. The first-order chi connectivity index (χ1) is 7.63. The summed E-state index contributed by atoms with van der Waals surface area (Å²) < 4.78 is 0. The van der Waals surface area contributed by atoms with Crippen molar-refractivity contribution in [2.75, 3.05) is 27.2 Å². The largest absolute Gasteiger partial charge is 0.366 e. The zero-order valence-corrected chi connectivity index (χ0v) is 9.86. The number of amides is 1. The monoisotopic (exact) mass is 221 g/mol. The van der Waals surface area contributed by atoms with Crippen LogP contribution in [0.2, 0.25) is 0 Å². The number of primary amides is 1. The van der Waals surface area contributed by atoms with Gasteiger partial charge in [0.2, 0.25) is 5.91 Å². The SMILES string of the molecule is CNCCN(C)Cc1ccc(C(N)=O)cc1. The van der Waals surface area contributed by atoms with Crippen LogP contribution in [0.3, 0.4) is 0 Å². The Labute approximate surface area is 96.4 Å². The highest BCUT2D eigenvalue weighted by Gasteiger charge is 2.02. The van der Waals surface area contributed by atoms with Crippen LogP contribution >= 0.6 is 0 Å². The zero-order valence-electron chi connectivity index (χ0n) is 9.86. The van der Waals surface area contributed by atoms with Crippen LogP contribution in [0.5, 0.6) is 0 Å². The summed E-state index contributed by atoms with van der Waals surface area (Å²) in [5, 5.41) is 3.11. The second-order valence-electron chi connectivity index (χ2n) is 3.90. The molecular formula is C12H19N3O. The van der Waals surface area contributed by atoms with E-state index >= 15 is 0 Å². The molecule has 0 bridgehead atoms. The molecule has 0 saturated heterocycles. The number of hydrogen-bond acceptors (Lipinski definition) is 3. The molecule has 0 aliphatic heterocycles. The van der Waals surface area contributed by atoms with Crippen LogP contribution in [0, 0.1) is 0 Å². The van der Waals surface area contributed by atoms with Crippen molar-refractivity contribution in [1.29, 1.82) is 0 Å². The molecule has 4 heteroatoms. The van der Waals surface area contributed by atoms with E-state index in [9.17, 15) is 4.79 Å². The van der Waals surface area contributed by atoms with E-state index in [1.807, 2.05) is 19.2 Å². The van der Waals surface area contributed by atoms with Gasteiger partial charge in [-0.1, -0.05) is 12.1 Å². The van der Waals surface area contributed by atoms with E-state index in [1.165, 1.54) is 5.56 Å². The number of rotatable bonds is 6. The molecule has 1 amide bonds. The first-order valence-electron chi connectivity index (χ1n) is 5.35. The summed E-state index contributed by atoms with van der Waals surface area (Å²) >= 11 is 0. The van der Waals surface area contributed by atoms with Gasteiger partial charge in [0.15, 0.2) is 0 Å². The summed E-state index contributed by atoms with van der Waals surface area (Å²) in [6.07, 6.45) is 0. The molecule has 0 aliphatic rings. The summed E-state index contributed by atoms with van der Waals surface area (Å²) in [7, 11) is 4.01. The number of benzene rings is 1. The van der Waals surface area contributed by atoms with Crippen LogP contribution in [-0.2, 0) is 6.54 Å². The van der Waals surface area contributed by atoms with Crippen molar-refractivity contribution in [2.45, 2.75) is 6.54 Å². The van der Waals surface area contributed by atoms with Crippen molar-refractivity contribution in [1.82, 2.24) is 10.2 Å². The van der Waals surface area contributed by atoms with E-state index in [-0.39, 0.29) is 5.91 Å². The predicted octanol–water partition coefficient (Wildman–Crippen LogP) is 0.437. The van der Waals surface area contributed by atoms with Gasteiger partial charge in [0.05, 0.1) is 0 Å². The smallest absolute Gasteiger partial charge is 0.248 e. The Kier molecular flexibility index (Phi) is 4.95. The Balaban J connectivity index is 2.51. The lowest BCUT2D eigenvalue weighted by Gasteiger charge is -2.16. The Bertz CT molecular complexity index is 335. The number of hydrogen-bond donors (Lipinski definition) is 2. The lowest BCUT2D eigenvalue weighted by molar-refractivity contribution is 0.100. The third-order valence-electron chi connectivity index (χ3n) is 2.43. The highest BCUT2D eigenvalue weighted by atomic mass is 16.1. The third-order valence-corrected chi connectivity index (χ3v) is 2.43. The average molecular weight is 221 g/mol. The average Bonchev–Trinajstić information content (AvgIpc) is 2.27.